The topological polar surface area (TPSA) is 66.5 Å². The average Bonchev–Trinajstić information content (AvgIpc) is 2.73. The fourth-order valence-corrected chi connectivity index (χ4v) is 8.00. The van der Waals surface area contributed by atoms with E-state index in [4.69, 9.17) is 0 Å². The molecule has 5 nitrogen and oxygen atoms in total. The number of hydrogen-bond donors (Lipinski definition) is 1. The highest BCUT2D eigenvalue weighted by Gasteiger charge is 2.51. The Hall–Kier alpha value is -2.34. The molecule has 4 aliphatic rings. The van der Waals surface area contributed by atoms with E-state index in [1.165, 1.54) is 48.4 Å². The van der Waals surface area contributed by atoms with Crippen molar-refractivity contribution in [3.05, 3.63) is 59.2 Å². The molecule has 0 unspecified atom stereocenters. The first-order valence-corrected chi connectivity index (χ1v) is 13.9. The zero-order chi connectivity index (χ0) is 23.4. The van der Waals surface area contributed by atoms with Crippen molar-refractivity contribution in [3.8, 4) is 0 Å². The van der Waals surface area contributed by atoms with Gasteiger partial charge in [0.1, 0.15) is 6.54 Å². The summed E-state index contributed by atoms with van der Waals surface area (Å²) in [5.74, 6) is 2.33. The molecule has 0 saturated heterocycles. The number of sulfonamides is 1. The molecule has 4 saturated carbocycles. The van der Waals surface area contributed by atoms with Gasteiger partial charge in [-0.2, -0.15) is 0 Å². The Labute approximate surface area is 197 Å². The number of aryl methyl sites for hydroxylation is 1. The number of carbonyl (C=O) groups excluding carboxylic acids is 1. The van der Waals surface area contributed by atoms with Gasteiger partial charge in [0.15, 0.2) is 0 Å². The van der Waals surface area contributed by atoms with E-state index < -0.39 is 10.0 Å². The molecule has 0 radical (unpaired) electrons. The molecule has 4 fully saturated rings. The zero-order valence-corrected chi connectivity index (χ0v) is 20.6. The number of rotatable bonds is 6. The van der Waals surface area contributed by atoms with E-state index in [0.717, 1.165) is 35.1 Å². The molecule has 1 N–H and O–H groups in total. The number of carbonyl (C=O) groups is 1. The third-order valence-corrected chi connectivity index (χ3v) is 9.48. The normalized spacial score (nSPS) is 28.0. The maximum absolute atomic E-state index is 12.8. The molecule has 0 aromatic heterocycles. The molecule has 33 heavy (non-hydrogen) atoms. The van der Waals surface area contributed by atoms with E-state index in [9.17, 15) is 13.2 Å². The first-order chi connectivity index (χ1) is 15.6. The second kappa shape index (κ2) is 8.15. The molecule has 0 spiro atoms. The van der Waals surface area contributed by atoms with Gasteiger partial charge >= 0.3 is 0 Å². The zero-order valence-electron chi connectivity index (χ0n) is 19.8. The number of nitrogens with one attached hydrogen (secondary N) is 1. The van der Waals surface area contributed by atoms with Gasteiger partial charge in [-0.25, -0.2) is 8.42 Å². The third kappa shape index (κ3) is 4.30. The largest absolute Gasteiger partial charge is 0.325 e. The lowest BCUT2D eigenvalue weighted by Crippen LogP contribution is -2.48. The van der Waals surface area contributed by atoms with Crippen LogP contribution in [0.3, 0.4) is 0 Å². The molecule has 0 heterocycles. The minimum Gasteiger partial charge on any atom is -0.325 e. The molecular formula is C27H34N2O3S. The van der Waals surface area contributed by atoms with Gasteiger partial charge in [-0.1, -0.05) is 24.3 Å². The predicted molar refractivity (Wildman–Crippen MR) is 133 cm³/mol. The molecule has 4 bridgehead atoms. The standard InChI is InChI=1S/C27H34N2O3S/c1-18-5-4-6-25(19(18)2)29(33(3,31)32)17-26(30)28-24-9-7-23(8-10-24)27-14-20-11-21(15-27)13-22(12-20)16-27/h4-10,20-22H,11-17H2,1-3H3,(H,28,30). The summed E-state index contributed by atoms with van der Waals surface area (Å²) < 4.78 is 26.1. The summed E-state index contributed by atoms with van der Waals surface area (Å²) in [6.45, 7) is 3.56. The molecule has 0 atom stereocenters. The van der Waals surface area contributed by atoms with Crippen molar-refractivity contribution in [1.29, 1.82) is 0 Å². The van der Waals surface area contributed by atoms with Crippen molar-refractivity contribution in [2.75, 3.05) is 22.4 Å². The van der Waals surface area contributed by atoms with Gasteiger partial charge in [-0.05, 0) is 110 Å². The number of anilines is 2. The van der Waals surface area contributed by atoms with E-state index in [-0.39, 0.29) is 12.5 Å². The monoisotopic (exact) mass is 466 g/mol. The molecule has 176 valence electrons. The van der Waals surface area contributed by atoms with Gasteiger partial charge in [0.2, 0.25) is 15.9 Å². The van der Waals surface area contributed by atoms with Crippen molar-refractivity contribution in [2.24, 2.45) is 17.8 Å². The number of benzene rings is 2. The number of nitrogens with zero attached hydrogens (tertiary/aromatic N) is 1. The number of amides is 1. The second-order valence-electron chi connectivity index (χ2n) is 10.8. The maximum Gasteiger partial charge on any atom is 0.245 e. The Bertz CT molecular complexity index is 1140. The predicted octanol–water partition coefficient (Wildman–Crippen LogP) is 5.18. The van der Waals surface area contributed by atoms with E-state index in [2.05, 4.69) is 17.4 Å². The first kappa shape index (κ1) is 22.5. The van der Waals surface area contributed by atoms with Crippen LogP contribution in [0.15, 0.2) is 42.5 Å². The summed E-state index contributed by atoms with van der Waals surface area (Å²) in [5.41, 5.74) is 4.84. The SMILES string of the molecule is Cc1cccc(N(CC(=O)Nc2ccc(C34CC5CC(CC(C5)C3)C4)cc2)S(C)(=O)=O)c1C. The van der Waals surface area contributed by atoms with E-state index in [1.807, 2.05) is 38.1 Å². The summed E-state index contributed by atoms with van der Waals surface area (Å²) >= 11 is 0. The van der Waals surface area contributed by atoms with Gasteiger partial charge in [0.25, 0.3) is 0 Å². The van der Waals surface area contributed by atoms with Crippen LogP contribution in [-0.4, -0.2) is 27.1 Å². The van der Waals surface area contributed by atoms with Crippen LogP contribution in [0.4, 0.5) is 11.4 Å². The highest BCUT2D eigenvalue weighted by atomic mass is 32.2. The Balaban J connectivity index is 1.30. The fraction of sp³-hybridized carbons (Fsp3) is 0.519. The van der Waals surface area contributed by atoms with Crippen molar-refractivity contribution < 1.29 is 13.2 Å². The summed E-state index contributed by atoms with van der Waals surface area (Å²) in [7, 11) is -3.60. The van der Waals surface area contributed by atoms with Crippen molar-refractivity contribution in [1.82, 2.24) is 0 Å². The van der Waals surface area contributed by atoms with E-state index in [1.54, 1.807) is 6.07 Å². The minimum atomic E-state index is -3.60. The van der Waals surface area contributed by atoms with Gasteiger partial charge in [0.05, 0.1) is 11.9 Å². The van der Waals surface area contributed by atoms with Crippen molar-refractivity contribution in [2.45, 2.75) is 57.8 Å². The van der Waals surface area contributed by atoms with Gasteiger partial charge in [-0.3, -0.25) is 9.10 Å². The van der Waals surface area contributed by atoms with Crippen LogP contribution < -0.4 is 9.62 Å². The van der Waals surface area contributed by atoms with E-state index >= 15 is 0 Å². The van der Waals surface area contributed by atoms with Crippen molar-refractivity contribution >= 4 is 27.3 Å². The van der Waals surface area contributed by atoms with Crippen LogP contribution in [0.2, 0.25) is 0 Å². The molecule has 2 aromatic rings. The molecular weight excluding hydrogens is 432 g/mol. The third-order valence-electron chi connectivity index (χ3n) is 8.35. The molecule has 4 aliphatic carbocycles. The molecule has 2 aromatic carbocycles. The lowest BCUT2D eigenvalue weighted by molar-refractivity contribution is -0.114. The van der Waals surface area contributed by atoms with Crippen LogP contribution in [0.25, 0.3) is 0 Å². The first-order valence-electron chi connectivity index (χ1n) is 12.1. The fourth-order valence-electron chi connectivity index (χ4n) is 7.09. The van der Waals surface area contributed by atoms with Crippen LogP contribution >= 0.6 is 0 Å². The van der Waals surface area contributed by atoms with E-state index in [0.29, 0.717) is 16.8 Å². The summed E-state index contributed by atoms with van der Waals surface area (Å²) in [6, 6.07) is 13.8. The Morgan fingerprint density at radius 1 is 0.970 bits per heavy atom. The minimum absolute atomic E-state index is 0.250. The summed E-state index contributed by atoms with van der Waals surface area (Å²) in [5, 5.41) is 2.90. The second-order valence-corrected chi connectivity index (χ2v) is 12.7. The Morgan fingerprint density at radius 2 is 1.55 bits per heavy atom. The molecule has 1 amide bonds. The quantitative estimate of drug-likeness (QED) is 0.638. The summed E-state index contributed by atoms with van der Waals surface area (Å²) in [4.78, 5) is 12.8. The van der Waals surface area contributed by atoms with Crippen molar-refractivity contribution in [3.63, 3.8) is 0 Å². The van der Waals surface area contributed by atoms with Crippen LogP contribution in [0.5, 0.6) is 0 Å². The molecule has 6 heteroatoms. The maximum atomic E-state index is 12.8. The lowest BCUT2D eigenvalue weighted by Gasteiger charge is -2.57. The summed E-state index contributed by atoms with van der Waals surface area (Å²) in [6.07, 6.45) is 9.33. The Kier molecular flexibility index (Phi) is 5.55. The lowest BCUT2D eigenvalue weighted by atomic mass is 9.48. The van der Waals surface area contributed by atoms with Crippen LogP contribution in [0.1, 0.15) is 55.2 Å². The molecule has 0 aliphatic heterocycles. The highest BCUT2D eigenvalue weighted by molar-refractivity contribution is 7.92. The van der Waals surface area contributed by atoms with Gasteiger partial charge < -0.3 is 5.32 Å². The Morgan fingerprint density at radius 3 is 2.09 bits per heavy atom. The smallest absolute Gasteiger partial charge is 0.245 e. The van der Waals surface area contributed by atoms with Crippen LogP contribution in [-0.2, 0) is 20.2 Å². The number of hydrogen-bond acceptors (Lipinski definition) is 3. The highest BCUT2D eigenvalue weighted by Crippen LogP contribution is 2.60. The average molecular weight is 467 g/mol. The van der Waals surface area contributed by atoms with Crippen LogP contribution in [0, 0.1) is 31.6 Å². The van der Waals surface area contributed by atoms with Gasteiger partial charge in [-0.15, -0.1) is 0 Å². The van der Waals surface area contributed by atoms with Gasteiger partial charge in [0, 0.05) is 5.69 Å². The molecule has 6 rings (SSSR count).